The quantitative estimate of drug-likeness (QED) is 0.833. The number of hydrogen-bond donors (Lipinski definition) is 2. The van der Waals surface area contributed by atoms with Gasteiger partial charge in [-0.1, -0.05) is 6.07 Å². The Balaban J connectivity index is 1.91. The van der Waals surface area contributed by atoms with Crippen LogP contribution < -0.4 is 15.4 Å². The van der Waals surface area contributed by atoms with Crippen molar-refractivity contribution < 1.29 is 18.3 Å². The Bertz CT molecular complexity index is 422. The molecule has 1 aromatic carbocycles. The standard InChI is InChI=1S/C12H14F2N2O2/c13-12(14)18-10-3-1-2-9(4-10)11(17)16-7-8-5-15-6-8/h1-4,8,12,15H,5-7H2,(H,16,17). The minimum atomic E-state index is -2.88. The molecule has 1 fully saturated rings. The molecule has 2 rings (SSSR count). The van der Waals surface area contributed by atoms with E-state index < -0.39 is 6.61 Å². The minimum absolute atomic E-state index is 0.0111. The van der Waals surface area contributed by atoms with Gasteiger partial charge in [0.15, 0.2) is 0 Å². The molecule has 1 saturated heterocycles. The zero-order chi connectivity index (χ0) is 13.0. The van der Waals surface area contributed by atoms with Gasteiger partial charge in [-0.15, -0.1) is 0 Å². The zero-order valence-corrected chi connectivity index (χ0v) is 9.66. The Morgan fingerprint density at radius 3 is 2.89 bits per heavy atom. The van der Waals surface area contributed by atoms with Crippen LogP contribution in [0.4, 0.5) is 8.78 Å². The van der Waals surface area contributed by atoms with E-state index in [1.54, 1.807) is 6.07 Å². The highest BCUT2D eigenvalue weighted by molar-refractivity contribution is 5.94. The molecule has 6 heteroatoms. The lowest BCUT2D eigenvalue weighted by Crippen LogP contribution is -2.48. The summed E-state index contributed by atoms with van der Waals surface area (Å²) in [6.07, 6.45) is 0. The molecular formula is C12H14F2N2O2. The van der Waals surface area contributed by atoms with Crippen molar-refractivity contribution in [2.75, 3.05) is 19.6 Å². The summed E-state index contributed by atoms with van der Waals surface area (Å²) in [6.45, 7) is -0.501. The van der Waals surface area contributed by atoms with Crippen molar-refractivity contribution in [2.24, 2.45) is 5.92 Å². The van der Waals surface area contributed by atoms with E-state index in [1.165, 1.54) is 18.2 Å². The maximum atomic E-state index is 12.0. The van der Waals surface area contributed by atoms with Crippen LogP contribution in [-0.2, 0) is 0 Å². The predicted molar refractivity (Wildman–Crippen MR) is 61.8 cm³/mol. The van der Waals surface area contributed by atoms with E-state index >= 15 is 0 Å². The lowest BCUT2D eigenvalue weighted by atomic mass is 10.0. The van der Waals surface area contributed by atoms with Gasteiger partial charge in [0.2, 0.25) is 0 Å². The molecular weight excluding hydrogens is 242 g/mol. The summed E-state index contributed by atoms with van der Waals surface area (Å²) in [5.74, 6) is 0.166. The summed E-state index contributed by atoms with van der Waals surface area (Å²) in [4.78, 5) is 11.8. The summed E-state index contributed by atoms with van der Waals surface area (Å²) < 4.78 is 28.3. The van der Waals surface area contributed by atoms with E-state index in [0.717, 1.165) is 13.1 Å². The van der Waals surface area contributed by atoms with Gasteiger partial charge in [-0.05, 0) is 18.2 Å². The average molecular weight is 256 g/mol. The van der Waals surface area contributed by atoms with E-state index in [0.29, 0.717) is 18.0 Å². The van der Waals surface area contributed by atoms with Gasteiger partial charge in [0.05, 0.1) is 0 Å². The first-order valence-corrected chi connectivity index (χ1v) is 5.69. The molecule has 0 aromatic heterocycles. The van der Waals surface area contributed by atoms with Crippen molar-refractivity contribution in [3.05, 3.63) is 29.8 Å². The third-order valence-electron chi connectivity index (χ3n) is 2.74. The van der Waals surface area contributed by atoms with Crippen LogP contribution in [0.15, 0.2) is 24.3 Å². The summed E-state index contributed by atoms with van der Waals surface area (Å²) in [6, 6.07) is 5.77. The third kappa shape index (κ3) is 3.40. The number of benzene rings is 1. The summed E-state index contributed by atoms with van der Waals surface area (Å²) in [5, 5.41) is 5.86. The predicted octanol–water partition coefficient (Wildman–Crippen LogP) is 1.24. The maximum absolute atomic E-state index is 12.0. The van der Waals surface area contributed by atoms with Gasteiger partial charge in [-0.2, -0.15) is 8.78 Å². The summed E-state index contributed by atoms with van der Waals surface area (Å²) in [5.41, 5.74) is 0.320. The first kappa shape index (κ1) is 12.8. The fourth-order valence-electron chi connectivity index (χ4n) is 1.65. The van der Waals surface area contributed by atoms with Crippen LogP contribution >= 0.6 is 0 Å². The van der Waals surface area contributed by atoms with Gasteiger partial charge in [-0.3, -0.25) is 4.79 Å². The molecule has 0 bridgehead atoms. The molecule has 0 saturated carbocycles. The van der Waals surface area contributed by atoms with Crippen molar-refractivity contribution in [2.45, 2.75) is 6.61 Å². The number of carbonyl (C=O) groups excluding carboxylic acids is 1. The van der Waals surface area contributed by atoms with Crippen molar-refractivity contribution in [3.63, 3.8) is 0 Å². The fourth-order valence-corrected chi connectivity index (χ4v) is 1.65. The second-order valence-corrected chi connectivity index (χ2v) is 4.14. The van der Waals surface area contributed by atoms with Crippen molar-refractivity contribution >= 4 is 5.91 Å². The van der Waals surface area contributed by atoms with Gasteiger partial charge in [0.1, 0.15) is 5.75 Å². The van der Waals surface area contributed by atoms with Crippen LogP contribution in [0.1, 0.15) is 10.4 Å². The monoisotopic (exact) mass is 256 g/mol. The first-order valence-electron chi connectivity index (χ1n) is 5.69. The molecule has 1 aliphatic heterocycles. The van der Waals surface area contributed by atoms with Gasteiger partial charge < -0.3 is 15.4 Å². The number of halogens is 2. The molecule has 18 heavy (non-hydrogen) atoms. The van der Waals surface area contributed by atoms with Crippen LogP contribution in [0.2, 0.25) is 0 Å². The molecule has 0 spiro atoms. The van der Waals surface area contributed by atoms with Gasteiger partial charge >= 0.3 is 6.61 Å². The highest BCUT2D eigenvalue weighted by Gasteiger charge is 2.17. The Morgan fingerprint density at radius 1 is 1.50 bits per heavy atom. The van der Waals surface area contributed by atoms with Crippen molar-refractivity contribution in [1.29, 1.82) is 0 Å². The lowest BCUT2D eigenvalue weighted by Gasteiger charge is -2.27. The fraction of sp³-hybridized carbons (Fsp3) is 0.417. The number of ether oxygens (including phenoxy) is 1. The van der Waals surface area contributed by atoms with E-state index in [-0.39, 0.29) is 11.7 Å². The number of nitrogens with one attached hydrogen (secondary N) is 2. The Kier molecular flexibility index (Phi) is 4.09. The summed E-state index contributed by atoms with van der Waals surface area (Å²) >= 11 is 0. The van der Waals surface area contributed by atoms with Crippen LogP contribution in [0.3, 0.4) is 0 Å². The zero-order valence-electron chi connectivity index (χ0n) is 9.66. The number of alkyl halides is 2. The van der Waals surface area contributed by atoms with Crippen LogP contribution in [-0.4, -0.2) is 32.2 Å². The average Bonchev–Trinajstić information content (AvgIpc) is 2.26. The number of amides is 1. The molecule has 1 heterocycles. The Labute approximate surface area is 103 Å². The third-order valence-corrected chi connectivity index (χ3v) is 2.74. The van der Waals surface area contributed by atoms with E-state index in [9.17, 15) is 13.6 Å². The van der Waals surface area contributed by atoms with Crippen molar-refractivity contribution in [1.82, 2.24) is 10.6 Å². The minimum Gasteiger partial charge on any atom is -0.435 e. The van der Waals surface area contributed by atoms with Crippen LogP contribution in [0, 0.1) is 5.92 Å². The second kappa shape index (κ2) is 5.77. The van der Waals surface area contributed by atoms with E-state index in [1.807, 2.05) is 0 Å². The van der Waals surface area contributed by atoms with Gasteiger partial charge in [0, 0.05) is 31.1 Å². The highest BCUT2D eigenvalue weighted by Crippen LogP contribution is 2.16. The van der Waals surface area contributed by atoms with Gasteiger partial charge in [-0.25, -0.2) is 0 Å². The Hall–Kier alpha value is -1.69. The SMILES string of the molecule is O=C(NCC1CNC1)c1cccc(OC(F)F)c1. The van der Waals surface area contributed by atoms with E-state index in [2.05, 4.69) is 15.4 Å². The van der Waals surface area contributed by atoms with Crippen LogP contribution in [0.25, 0.3) is 0 Å². The lowest BCUT2D eigenvalue weighted by molar-refractivity contribution is -0.0498. The molecule has 0 aliphatic carbocycles. The molecule has 1 aromatic rings. The van der Waals surface area contributed by atoms with E-state index in [4.69, 9.17) is 0 Å². The van der Waals surface area contributed by atoms with Gasteiger partial charge in [0.25, 0.3) is 5.91 Å². The van der Waals surface area contributed by atoms with Crippen molar-refractivity contribution in [3.8, 4) is 5.75 Å². The number of rotatable bonds is 5. The van der Waals surface area contributed by atoms with Crippen LogP contribution in [0.5, 0.6) is 5.75 Å². The molecule has 2 N–H and O–H groups in total. The molecule has 1 aliphatic rings. The number of carbonyl (C=O) groups is 1. The molecule has 4 nitrogen and oxygen atoms in total. The Morgan fingerprint density at radius 2 is 2.28 bits per heavy atom. The molecule has 0 unspecified atom stereocenters. The highest BCUT2D eigenvalue weighted by atomic mass is 19.3. The molecule has 0 atom stereocenters. The molecule has 1 amide bonds. The maximum Gasteiger partial charge on any atom is 0.387 e. The topological polar surface area (TPSA) is 50.4 Å². The smallest absolute Gasteiger partial charge is 0.387 e. The number of hydrogen-bond acceptors (Lipinski definition) is 3. The molecule has 0 radical (unpaired) electrons. The molecule has 98 valence electrons. The normalized spacial score (nSPS) is 15.3. The largest absolute Gasteiger partial charge is 0.435 e. The second-order valence-electron chi connectivity index (χ2n) is 4.14. The summed E-state index contributed by atoms with van der Waals surface area (Å²) in [7, 11) is 0. The first-order chi connectivity index (χ1) is 8.65.